The molecule has 4 aromatic rings. The van der Waals surface area contributed by atoms with Gasteiger partial charge in [0.2, 0.25) is 0 Å². The second-order valence-corrected chi connectivity index (χ2v) is 10.4. The third kappa shape index (κ3) is 5.63. The summed E-state index contributed by atoms with van der Waals surface area (Å²) in [4.78, 5) is 5.95. The van der Waals surface area contributed by atoms with Crippen LogP contribution in [0.5, 0.6) is 11.5 Å². The molecule has 0 bridgehead atoms. The van der Waals surface area contributed by atoms with E-state index in [4.69, 9.17) is 37.7 Å². The van der Waals surface area contributed by atoms with E-state index in [9.17, 15) is 0 Å². The van der Waals surface area contributed by atoms with Crippen LogP contribution in [0, 0.1) is 0 Å². The van der Waals surface area contributed by atoms with Crippen molar-refractivity contribution in [2.75, 3.05) is 13.2 Å². The van der Waals surface area contributed by atoms with E-state index in [0.29, 0.717) is 23.3 Å². The molecule has 0 aliphatic heterocycles. The third-order valence-electron chi connectivity index (χ3n) is 6.66. The molecule has 1 aromatic heterocycles. The summed E-state index contributed by atoms with van der Waals surface area (Å²) in [5.74, 6) is 1.70. The number of nitrogens with zero attached hydrogens (tertiary/aromatic N) is 2. The summed E-state index contributed by atoms with van der Waals surface area (Å²) in [7, 11) is 0. The molecule has 0 saturated heterocycles. The van der Waals surface area contributed by atoms with Crippen molar-refractivity contribution in [1.29, 1.82) is 0 Å². The van der Waals surface area contributed by atoms with Gasteiger partial charge in [0.25, 0.3) is 0 Å². The molecule has 0 N–H and O–H groups in total. The predicted molar refractivity (Wildman–Crippen MR) is 159 cm³/mol. The molecule has 0 spiro atoms. The molecule has 1 aliphatic rings. The summed E-state index contributed by atoms with van der Waals surface area (Å²) in [6.45, 7) is 5.24. The van der Waals surface area contributed by atoms with Gasteiger partial charge in [0.05, 0.1) is 28.9 Å². The van der Waals surface area contributed by atoms with Gasteiger partial charge in [0, 0.05) is 22.2 Å². The van der Waals surface area contributed by atoms with Gasteiger partial charge in [-0.25, -0.2) is 4.99 Å². The Morgan fingerprint density at radius 1 is 0.865 bits per heavy atom. The Hall–Kier alpha value is -2.25. The van der Waals surface area contributed by atoms with E-state index in [-0.39, 0.29) is 22.4 Å². The number of halogens is 3. The molecule has 0 unspecified atom stereocenters. The molecule has 1 saturated carbocycles. The van der Waals surface area contributed by atoms with Crippen molar-refractivity contribution in [3.8, 4) is 17.2 Å². The van der Waals surface area contributed by atoms with Crippen LogP contribution in [0.3, 0.4) is 0 Å². The van der Waals surface area contributed by atoms with Crippen LogP contribution in [-0.2, 0) is 5.41 Å². The van der Waals surface area contributed by atoms with Crippen LogP contribution < -0.4 is 14.3 Å². The number of aromatic nitrogens is 1. The second kappa shape index (κ2) is 12.1. The Balaban J connectivity index is 0.00000320. The summed E-state index contributed by atoms with van der Waals surface area (Å²) < 4.78 is 13.6. The van der Waals surface area contributed by atoms with Crippen LogP contribution in [0.1, 0.15) is 44.4 Å². The molecule has 0 atom stereocenters. The third-order valence-corrected chi connectivity index (χ3v) is 8.22. The molecule has 4 nitrogen and oxygen atoms in total. The maximum atomic E-state index is 6.46. The first-order chi connectivity index (χ1) is 17.5. The maximum absolute atomic E-state index is 6.46. The Kier molecular flexibility index (Phi) is 9.07. The number of thiazole rings is 1. The highest BCUT2D eigenvalue weighted by Gasteiger charge is 2.43. The summed E-state index contributed by atoms with van der Waals surface area (Å²) in [5.41, 5.74) is 4.18. The van der Waals surface area contributed by atoms with E-state index >= 15 is 0 Å². The van der Waals surface area contributed by atoms with Crippen LogP contribution in [0.25, 0.3) is 5.69 Å². The van der Waals surface area contributed by atoms with Crippen molar-refractivity contribution in [3.05, 3.63) is 98.2 Å². The van der Waals surface area contributed by atoms with Crippen LogP contribution in [0.2, 0.25) is 10.0 Å². The number of hydrogen-bond acceptors (Lipinski definition) is 4. The zero-order valence-corrected chi connectivity index (χ0v) is 24.8. The lowest BCUT2D eigenvalue weighted by Crippen LogP contribution is -2.38. The van der Waals surface area contributed by atoms with Crippen molar-refractivity contribution in [3.63, 3.8) is 0 Å². The smallest absolute Gasteiger partial charge is 0.194 e. The van der Waals surface area contributed by atoms with E-state index in [0.717, 1.165) is 46.9 Å². The van der Waals surface area contributed by atoms with Gasteiger partial charge in [-0.1, -0.05) is 35.7 Å². The number of benzene rings is 3. The Morgan fingerprint density at radius 2 is 1.49 bits per heavy atom. The van der Waals surface area contributed by atoms with E-state index in [1.165, 1.54) is 11.3 Å². The quantitative estimate of drug-likeness (QED) is 0.197. The average molecular weight is 620 g/mol. The van der Waals surface area contributed by atoms with Gasteiger partial charge in [0.1, 0.15) is 11.5 Å². The lowest BCUT2D eigenvalue weighted by Gasteiger charge is -2.43. The van der Waals surface area contributed by atoms with Gasteiger partial charge < -0.3 is 9.47 Å². The zero-order valence-electron chi connectivity index (χ0n) is 20.7. The maximum Gasteiger partial charge on any atom is 0.194 e. The summed E-state index contributed by atoms with van der Waals surface area (Å²) in [5, 5.41) is 3.40. The molecule has 5 rings (SSSR count). The molecular weight excluding hydrogens is 591 g/mol. The van der Waals surface area contributed by atoms with E-state index in [1.807, 2.05) is 62.4 Å². The van der Waals surface area contributed by atoms with E-state index in [2.05, 4.69) is 28.1 Å². The fraction of sp³-hybridized carbons (Fsp3) is 0.276. The number of ether oxygens (including phenoxy) is 2. The zero-order chi connectivity index (χ0) is 25.1. The lowest BCUT2D eigenvalue weighted by molar-refractivity contribution is 0.289. The molecule has 3 aromatic carbocycles. The first-order valence-electron chi connectivity index (χ1n) is 12.2. The normalized spacial score (nSPS) is 14.5. The minimum atomic E-state index is -0.143. The highest BCUT2D eigenvalue weighted by molar-refractivity contribution is 8.93. The molecular formula is C29H29BrCl2N2O2S. The molecule has 8 heteroatoms. The Labute approximate surface area is 242 Å². The minimum absolute atomic E-state index is 0. The SMILES string of the molecule is Br.CCOc1ccc(/N=c2\scc(C3(c4ccc(Cl)c(Cl)c4)CCC3)n2-c2ccc(OCC)cc2)cc1. The minimum Gasteiger partial charge on any atom is -0.494 e. The van der Waals surface area contributed by atoms with Crippen molar-refractivity contribution >= 4 is 57.2 Å². The first-order valence-corrected chi connectivity index (χ1v) is 13.8. The molecule has 37 heavy (non-hydrogen) atoms. The highest BCUT2D eigenvalue weighted by Crippen LogP contribution is 2.50. The van der Waals surface area contributed by atoms with Crippen molar-refractivity contribution in [2.45, 2.75) is 38.5 Å². The van der Waals surface area contributed by atoms with Crippen molar-refractivity contribution in [2.24, 2.45) is 4.99 Å². The number of rotatable bonds is 8. The predicted octanol–water partition coefficient (Wildman–Crippen LogP) is 8.92. The largest absolute Gasteiger partial charge is 0.494 e. The first kappa shape index (κ1) is 27.8. The second-order valence-electron chi connectivity index (χ2n) is 8.77. The van der Waals surface area contributed by atoms with Crippen LogP contribution in [-0.4, -0.2) is 17.8 Å². The molecule has 0 amide bonds. The fourth-order valence-electron chi connectivity index (χ4n) is 4.74. The fourth-order valence-corrected chi connectivity index (χ4v) is 6.05. The van der Waals surface area contributed by atoms with Gasteiger partial charge in [-0.05, 0) is 92.9 Å². The van der Waals surface area contributed by atoms with Crippen LogP contribution in [0.15, 0.2) is 77.1 Å². The molecule has 0 radical (unpaired) electrons. The molecule has 194 valence electrons. The topological polar surface area (TPSA) is 35.8 Å². The summed E-state index contributed by atoms with van der Waals surface area (Å²) >= 11 is 14.4. The summed E-state index contributed by atoms with van der Waals surface area (Å²) in [6.07, 6.45) is 3.24. The van der Waals surface area contributed by atoms with Gasteiger partial charge in [-0.3, -0.25) is 4.57 Å². The van der Waals surface area contributed by atoms with Gasteiger partial charge in [0.15, 0.2) is 4.80 Å². The van der Waals surface area contributed by atoms with Crippen LogP contribution >= 0.6 is 51.5 Å². The monoisotopic (exact) mass is 618 g/mol. The van der Waals surface area contributed by atoms with Gasteiger partial charge >= 0.3 is 0 Å². The Bertz CT molecular complexity index is 1410. The molecule has 1 fully saturated rings. The van der Waals surface area contributed by atoms with Crippen LogP contribution in [0.4, 0.5) is 5.69 Å². The van der Waals surface area contributed by atoms with Crippen molar-refractivity contribution < 1.29 is 9.47 Å². The molecule has 1 heterocycles. The standard InChI is InChI=1S/C29H28Cl2N2O2S.BrH/c1-3-34-23-11-7-21(8-12-23)32-28-33(22-9-13-24(14-10-22)35-4-2)27(19-36-28)29(16-5-17-29)20-6-15-25(30)26(31)18-20;/h6-15,18-19H,3-5,16-17H2,1-2H3;1H/b32-28-;. The van der Waals surface area contributed by atoms with E-state index in [1.54, 1.807) is 11.3 Å². The van der Waals surface area contributed by atoms with E-state index < -0.39 is 0 Å². The summed E-state index contributed by atoms with van der Waals surface area (Å²) in [6, 6.07) is 22.2. The number of hydrogen-bond donors (Lipinski definition) is 0. The lowest BCUT2D eigenvalue weighted by atomic mass is 9.62. The average Bonchev–Trinajstić information content (AvgIpc) is 3.26. The van der Waals surface area contributed by atoms with Gasteiger partial charge in [-0.2, -0.15) is 0 Å². The molecule has 1 aliphatic carbocycles. The highest BCUT2D eigenvalue weighted by atomic mass is 79.9. The van der Waals surface area contributed by atoms with Gasteiger partial charge in [-0.15, -0.1) is 28.3 Å². The Morgan fingerprint density at radius 3 is 2.03 bits per heavy atom. The van der Waals surface area contributed by atoms with Crippen molar-refractivity contribution in [1.82, 2.24) is 4.57 Å².